The van der Waals surface area contributed by atoms with E-state index < -0.39 is 17.4 Å². The predicted octanol–water partition coefficient (Wildman–Crippen LogP) is 5.76. The third-order valence-corrected chi connectivity index (χ3v) is 7.21. The summed E-state index contributed by atoms with van der Waals surface area (Å²) < 4.78 is 28.0. The SMILES string of the molecule is CN(C)C1CCC(Nc2c(C(=O)C3CC3)cnc3ccc(-c4cc(F)c(O)c(F)c4)cc23)CC1. The molecule has 0 aliphatic heterocycles. The largest absolute Gasteiger partial charge is 0.503 e. The van der Waals surface area contributed by atoms with Crippen molar-refractivity contribution >= 4 is 22.4 Å². The molecule has 2 N–H and O–H groups in total. The summed E-state index contributed by atoms with van der Waals surface area (Å²) in [6.45, 7) is 0. The van der Waals surface area contributed by atoms with Gasteiger partial charge < -0.3 is 15.3 Å². The van der Waals surface area contributed by atoms with E-state index in [0.29, 0.717) is 28.2 Å². The molecule has 1 aromatic heterocycles. The number of pyridine rings is 1. The number of aromatic nitrogens is 1. The van der Waals surface area contributed by atoms with Crippen LogP contribution in [0.3, 0.4) is 0 Å². The van der Waals surface area contributed by atoms with Crippen molar-refractivity contribution in [3.8, 4) is 16.9 Å². The first kappa shape index (κ1) is 22.7. The number of fused-ring (bicyclic) bond motifs is 1. The summed E-state index contributed by atoms with van der Waals surface area (Å²) in [4.78, 5) is 19.9. The predicted molar refractivity (Wildman–Crippen MR) is 129 cm³/mol. The number of ketones is 1. The van der Waals surface area contributed by atoms with Gasteiger partial charge in [-0.15, -0.1) is 0 Å². The van der Waals surface area contributed by atoms with Crippen LogP contribution in [-0.2, 0) is 0 Å². The number of carbonyl (C=O) groups excluding carboxylic acids is 1. The number of benzene rings is 2. The highest BCUT2D eigenvalue weighted by molar-refractivity contribution is 6.10. The summed E-state index contributed by atoms with van der Waals surface area (Å²) in [5.41, 5.74) is 2.95. The Morgan fingerprint density at radius 3 is 2.29 bits per heavy atom. The number of halogens is 2. The Labute approximate surface area is 197 Å². The summed E-state index contributed by atoms with van der Waals surface area (Å²) in [5, 5.41) is 13.9. The Balaban J connectivity index is 1.56. The highest BCUT2D eigenvalue weighted by Crippen LogP contribution is 2.39. The minimum absolute atomic E-state index is 0.0488. The topological polar surface area (TPSA) is 65.5 Å². The van der Waals surface area contributed by atoms with Crippen LogP contribution in [0, 0.1) is 17.6 Å². The van der Waals surface area contributed by atoms with E-state index in [-0.39, 0.29) is 17.7 Å². The van der Waals surface area contributed by atoms with E-state index >= 15 is 0 Å². The molecule has 5 nitrogen and oxygen atoms in total. The lowest BCUT2D eigenvalue weighted by Gasteiger charge is -2.34. The van der Waals surface area contributed by atoms with Gasteiger partial charge in [0.2, 0.25) is 0 Å². The van der Waals surface area contributed by atoms with Crippen LogP contribution < -0.4 is 5.32 Å². The summed E-state index contributed by atoms with van der Waals surface area (Å²) in [6.07, 6.45) is 7.62. The maximum atomic E-state index is 14.0. The maximum absolute atomic E-state index is 14.0. The molecule has 0 atom stereocenters. The molecule has 0 saturated heterocycles. The van der Waals surface area contributed by atoms with Crippen LogP contribution >= 0.6 is 0 Å². The van der Waals surface area contributed by atoms with Crippen molar-refractivity contribution in [2.24, 2.45) is 5.92 Å². The molecule has 0 radical (unpaired) electrons. The van der Waals surface area contributed by atoms with Gasteiger partial charge in [0.05, 0.1) is 16.8 Å². The van der Waals surface area contributed by atoms with Gasteiger partial charge in [-0.05, 0) is 88.0 Å². The van der Waals surface area contributed by atoms with Crippen LogP contribution in [0.25, 0.3) is 22.0 Å². The molecule has 0 amide bonds. The molecule has 0 spiro atoms. The lowest BCUT2D eigenvalue weighted by atomic mass is 9.89. The first-order valence-electron chi connectivity index (χ1n) is 11.9. The highest BCUT2D eigenvalue weighted by atomic mass is 19.1. The second-order valence-corrected chi connectivity index (χ2v) is 9.82. The summed E-state index contributed by atoms with van der Waals surface area (Å²) >= 11 is 0. The zero-order chi connectivity index (χ0) is 24.0. The van der Waals surface area contributed by atoms with Crippen LogP contribution in [0.15, 0.2) is 36.5 Å². The fourth-order valence-corrected chi connectivity index (χ4v) is 4.95. The molecule has 34 heavy (non-hydrogen) atoms. The standard InChI is InChI=1S/C27H29F2N3O2/c1-32(2)19-8-6-18(7-9-19)31-25-20-11-16(17-12-22(28)27(34)23(29)13-17)5-10-24(20)30-14-21(25)26(33)15-3-4-15/h5,10-15,18-19,34H,3-4,6-9H2,1-2H3,(H,30,31). The van der Waals surface area contributed by atoms with Crippen LogP contribution in [0.4, 0.5) is 14.5 Å². The van der Waals surface area contributed by atoms with Crippen molar-refractivity contribution in [2.45, 2.75) is 50.6 Å². The molecule has 2 aromatic carbocycles. The van der Waals surface area contributed by atoms with Crippen LogP contribution in [0.5, 0.6) is 5.75 Å². The number of carbonyl (C=O) groups is 1. The summed E-state index contributed by atoms with van der Waals surface area (Å²) in [6, 6.07) is 8.39. The van der Waals surface area contributed by atoms with E-state index in [9.17, 15) is 18.7 Å². The quantitative estimate of drug-likeness (QED) is 0.453. The second kappa shape index (κ2) is 8.95. The smallest absolute Gasteiger partial charge is 0.187 e. The molecule has 2 aliphatic rings. The number of hydrogen-bond donors (Lipinski definition) is 2. The highest BCUT2D eigenvalue weighted by Gasteiger charge is 2.33. The Morgan fingerprint density at radius 1 is 1.00 bits per heavy atom. The molecule has 5 rings (SSSR count). The van der Waals surface area contributed by atoms with Crippen molar-refractivity contribution in [1.29, 1.82) is 0 Å². The third kappa shape index (κ3) is 4.37. The summed E-state index contributed by atoms with van der Waals surface area (Å²) in [5.74, 6) is -2.86. The lowest BCUT2D eigenvalue weighted by Crippen LogP contribution is -2.36. The molecular formula is C27H29F2N3O2. The van der Waals surface area contributed by atoms with Gasteiger partial charge in [0.15, 0.2) is 23.2 Å². The number of Topliss-reactive ketones (excluding diaryl/α,β-unsaturated/α-hetero) is 1. The average molecular weight is 466 g/mol. The Hall–Kier alpha value is -3.06. The number of nitrogens with one attached hydrogen (secondary N) is 1. The minimum atomic E-state index is -1.01. The molecule has 0 unspecified atom stereocenters. The van der Waals surface area contributed by atoms with Crippen LogP contribution in [0.2, 0.25) is 0 Å². The van der Waals surface area contributed by atoms with Gasteiger partial charge in [0, 0.05) is 29.6 Å². The first-order valence-corrected chi connectivity index (χ1v) is 11.9. The van der Waals surface area contributed by atoms with E-state index in [1.54, 1.807) is 18.3 Å². The molecule has 0 bridgehead atoms. The van der Waals surface area contributed by atoms with Gasteiger partial charge in [0.25, 0.3) is 0 Å². The molecule has 2 aliphatic carbocycles. The number of phenols is 1. The van der Waals surface area contributed by atoms with Crippen molar-refractivity contribution < 1.29 is 18.7 Å². The number of rotatable bonds is 6. The van der Waals surface area contributed by atoms with Gasteiger partial charge >= 0.3 is 0 Å². The average Bonchev–Trinajstić information content (AvgIpc) is 3.67. The number of anilines is 1. The number of phenolic OH excluding ortho intramolecular Hbond substituents is 1. The Kier molecular flexibility index (Phi) is 5.98. The molecule has 1 heterocycles. The normalized spacial score (nSPS) is 20.6. The van der Waals surface area contributed by atoms with Crippen molar-refractivity contribution in [3.05, 3.63) is 53.7 Å². The Bertz CT molecular complexity index is 1230. The molecule has 2 saturated carbocycles. The van der Waals surface area contributed by atoms with E-state index in [0.717, 1.165) is 61.7 Å². The van der Waals surface area contributed by atoms with Crippen LogP contribution in [-0.4, -0.2) is 47.0 Å². The zero-order valence-electron chi connectivity index (χ0n) is 19.4. The van der Waals surface area contributed by atoms with E-state index in [1.807, 2.05) is 6.07 Å². The van der Waals surface area contributed by atoms with Crippen molar-refractivity contribution in [1.82, 2.24) is 9.88 Å². The second-order valence-electron chi connectivity index (χ2n) is 9.82. The lowest BCUT2D eigenvalue weighted by molar-refractivity contribution is 0.0968. The first-order chi connectivity index (χ1) is 16.3. The van der Waals surface area contributed by atoms with Crippen molar-refractivity contribution in [2.75, 3.05) is 19.4 Å². The maximum Gasteiger partial charge on any atom is 0.187 e. The molecule has 7 heteroatoms. The number of hydrogen-bond acceptors (Lipinski definition) is 5. The minimum Gasteiger partial charge on any atom is -0.503 e. The Morgan fingerprint density at radius 2 is 1.68 bits per heavy atom. The third-order valence-electron chi connectivity index (χ3n) is 7.21. The number of nitrogens with zero attached hydrogens (tertiary/aromatic N) is 2. The molecule has 3 aromatic rings. The fraction of sp³-hybridized carbons (Fsp3) is 0.407. The molecular weight excluding hydrogens is 436 g/mol. The van der Waals surface area contributed by atoms with E-state index in [4.69, 9.17) is 0 Å². The monoisotopic (exact) mass is 465 g/mol. The van der Waals surface area contributed by atoms with Gasteiger partial charge in [0.1, 0.15) is 0 Å². The van der Waals surface area contributed by atoms with E-state index in [1.165, 1.54) is 0 Å². The molecule has 2 fully saturated rings. The zero-order valence-corrected chi connectivity index (χ0v) is 19.4. The van der Waals surface area contributed by atoms with Gasteiger partial charge in [-0.2, -0.15) is 0 Å². The van der Waals surface area contributed by atoms with E-state index in [2.05, 4.69) is 29.3 Å². The fourth-order valence-electron chi connectivity index (χ4n) is 4.95. The number of aromatic hydroxyl groups is 1. The summed E-state index contributed by atoms with van der Waals surface area (Å²) in [7, 11) is 4.22. The molecule has 178 valence electrons. The van der Waals surface area contributed by atoms with Gasteiger partial charge in [-0.25, -0.2) is 8.78 Å². The van der Waals surface area contributed by atoms with Gasteiger partial charge in [-0.1, -0.05) is 6.07 Å². The van der Waals surface area contributed by atoms with Gasteiger partial charge in [-0.3, -0.25) is 9.78 Å². The van der Waals surface area contributed by atoms with Crippen molar-refractivity contribution in [3.63, 3.8) is 0 Å². The van der Waals surface area contributed by atoms with Crippen LogP contribution in [0.1, 0.15) is 48.9 Å².